The van der Waals surface area contributed by atoms with Crippen LogP contribution in [0.5, 0.6) is 5.75 Å². The van der Waals surface area contributed by atoms with Gasteiger partial charge in [-0.3, -0.25) is 4.79 Å². The summed E-state index contributed by atoms with van der Waals surface area (Å²) >= 11 is 6.00. The summed E-state index contributed by atoms with van der Waals surface area (Å²) in [4.78, 5) is 15.1. The first-order valence-electron chi connectivity index (χ1n) is 7.72. The van der Waals surface area contributed by atoms with Crippen molar-refractivity contribution in [1.29, 1.82) is 0 Å². The van der Waals surface area contributed by atoms with Crippen LogP contribution in [0.4, 0.5) is 0 Å². The van der Waals surface area contributed by atoms with Crippen LogP contribution in [0.25, 0.3) is 5.57 Å². The number of amides is 1. The number of hydrogen-bond donors (Lipinski definition) is 2. The third kappa shape index (κ3) is 4.19. The zero-order chi connectivity index (χ0) is 17.9. The molecular formula is C18H22ClN2O2P. The van der Waals surface area contributed by atoms with Gasteiger partial charge >= 0.3 is 0 Å². The van der Waals surface area contributed by atoms with Gasteiger partial charge in [-0.05, 0) is 49.3 Å². The molecule has 6 heteroatoms. The highest BCUT2D eigenvalue weighted by atomic mass is 35.5. The maximum atomic E-state index is 12.0. The van der Waals surface area contributed by atoms with Gasteiger partial charge in [0.25, 0.3) is 5.91 Å². The number of nitrogens with one attached hydrogen (secondary N) is 2. The van der Waals surface area contributed by atoms with Crippen molar-refractivity contribution in [3.8, 4) is 5.75 Å². The van der Waals surface area contributed by atoms with E-state index in [9.17, 15) is 4.79 Å². The van der Waals surface area contributed by atoms with E-state index in [1.165, 1.54) is 0 Å². The van der Waals surface area contributed by atoms with Crippen LogP contribution in [-0.4, -0.2) is 17.4 Å². The molecule has 1 heterocycles. The van der Waals surface area contributed by atoms with Crippen LogP contribution in [0.2, 0.25) is 5.02 Å². The molecule has 0 aliphatic heterocycles. The van der Waals surface area contributed by atoms with Crippen LogP contribution < -0.4 is 15.4 Å². The van der Waals surface area contributed by atoms with Crippen molar-refractivity contribution in [1.82, 2.24) is 10.3 Å². The Kier molecular flexibility index (Phi) is 6.09. The molecule has 0 saturated heterocycles. The fraction of sp³-hybridized carbons (Fsp3) is 0.278. The molecule has 0 radical (unpaired) electrons. The van der Waals surface area contributed by atoms with E-state index in [-0.39, 0.29) is 12.0 Å². The van der Waals surface area contributed by atoms with Crippen molar-refractivity contribution >= 4 is 37.6 Å². The molecule has 0 spiro atoms. The Balaban J connectivity index is 2.30. The largest absolute Gasteiger partial charge is 0.484 e. The molecule has 0 aliphatic rings. The zero-order valence-corrected chi connectivity index (χ0v) is 16.0. The number of halogens is 1. The van der Waals surface area contributed by atoms with Gasteiger partial charge in [0.15, 0.2) is 0 Å². The minimum atomic E-state index is -0.203. The predicted molar refractivity (Wildman–Crippen MR) is 103 cm³/mol. The zero-order valence-electron chi connectivity index (χ0n) is 14.1. The molecule has 0 aliphatic carbocycles. The molecule has 0 bridgehead atoms. The Morgan fingerprint density at radius 2 is 2.17 bits per heavy atom. The van der Waals surface area contributed by atoms with Crippen molar-refractivity contribution in [2.24, 2.45) is 0 Å². The molecule has 128 valence electrons. The summed E-state index contributed by atoms with van der Waals surface area (Å²) in [5.41, 5.74) is 2.99. The number of allylic oxidation sites excluding steroid dienone is 1. The van der Waals surface area contributed by atoms with Crippen LogP contribution in [0.15, 0.2) is 30.8 Å². The molecule has 1 aromatic heterocycles. The second-order valence-electron chi connectivity index (χ2n) is 5.60. The highest BCUT2D eigenvalue weighted by molar-refractivity contribution is 7.27. The van der Waals surface area contributed by atoms with Gasteiger partial charge in [-0.15, -0.1) is 9.24 Å². The lowest BCUT2D eigenvalue weighted by atomic mass is 10.1. The molecule has 2 unspecified atom stereocenters. The van der Waals surface area contributed by atoms with E-state index in [4.69, 9.17) is 16.3 Å². The summed E-state index contributed by atoms with van der Waals surface area (Å²) in [5, 5.41) is 4.43. The standard InChI is InChI=1S/C18H22ClN2O2P/c1-5-20-18(22)14-9-15(17(21-14)10(2)3)23-11(4)13-7-6-12(19)8-16(13)24/h6-9,11,21H,2,5,24H2,1,3-4H3,(H,20,22). The van der Waals surface area contributed by atoms with Crippen LogP contribution in [-0.2, 0) is 0 Å². The molecule has 2 rings (SSSR count). The van der Waals surface area contributed by atoms with Crippen molar-refractivity contribution in [2.75, 3.05) is 6.54 Å². The quantitative estimate of drug-likeness (QED) is 0.758. The molecule has 2 aromatic rings. The smallest absolute Gasteiger partial charge is 0.267 e. The highest BCUT2D eigenvalue weighted by Crippen LogP contribution is 2.30. The van der Waals surface area contributed by atoms with E-state index in [1.807, 2.05) is 39.0 Å². The van der Waals surface area contributed by atoms with Crippen molar-refractivity contribution in [3.63, 3.8) is 0 Å². The minimum Gasteiger partial charge on any atom is -0.484 e. The summed E-state index contributed by atoms with van der Waals surface area (Å²) in [6.45, 7) is 10.2. The maximum Gasteiger partial charge on any atom is 0.267 e. The first-order chi connectivity index (χ1) is 11.3. The van der Waals surface area contributed by atoms with Gasteiger partial charge in [-0.2, -0.15) is 0 Å². The maximum absolute atomic E-state index is 12.0. The fourth-order valence-corrected chi connectivity index (χ4v) is 3.19. The van der Waals surface area contributed by atoms with Crippen LogP contribution in [0.1, 0.15) is 48.6 Å². The molecule has 0 fully saturated rings. The SMILES string of the molecule is C=C(C)c1[nH]c(C(=O)NCC)cc1OC(C)c1ccc(Cl)cc1P. The average molecular weight is 365 g/mol. The number of rotatable bonds is 6. The van der Waals surface area contributed by atoms with Crippen molar-refractivity contribution in [3.05, 3.63) is 52.8 Å². The Morgan fingerprint density at radius 1 is 1.46 bits per heavy atom. The molecular weight excluding hydrogens is 343 g/mol. The molecule has 1 aromatic carbocycles. The number of benzene rings is 1. The van der Waals surface area contributed by atoms with Crippen molar-refractivity contribution in [2.45, 2.75) is 26.9 Å². The van der Waals surface area contributed by atoms with Gasteiger partial charge in [0.2, 0.25) is 0 Å². The van der Waals surface area contributed by atoms with Gasteiger partial charge in [-0.1, -0.05) is 24.2 Å². The summed E-state index contributed by atoms with van der Waals surface area (Å²) in [6.07, 6.45) is -0.203. The number of aromatic nitrogens is 1. The molecule has 0 saturated carbocycles. The minimum absolute atomic E-state index is 0.166. The van der Waals surface area contributed by atoms with Gasteiger partial charge in [-0.25, -0.2) is 0 Å². The predicted octanol–water partition coefficient (Wildman–Crippen LogP) is 4.09. The molecule has 1 amide bonds. The van der Waals surface area contributed by atoms with E-state index in [0.29, 0.717) is 23.0 Å². The van der Waals surface area contributed by atoms with Crippen molar-refractivity contribution < 1.29 is 9.53 Å². The second-order valence-corrected chi connectivity index (χ2v) is 6.65. The number of hydrogen-bond acceptors (Lipinski definition) is 2. The fourth-order valence-electron chi connectivity index (χ4n) is 2.39. The van der Waals surface area contributed by atoms with E-state index >= 15 is 0 Å². The lowest BCUT2D eigenvalue weighted by Crippen LogP contribution is -2.22. The number of carbonyl (C=O) groups is 1. The van der Waals surface area contributed by atoms with E-state index in [1.54, 1.807) is 6.07 Å². The van der Waals surface area contributed by atoms with Gasteiger partial charge in [0.05, 0.1) is 5.69 Å². The van der Waals surface area contributed by atoms with Crippen LogP contribution >= 0.6 is 20.8 Å². The first-order valence-corrected chi connectivity index (χ1v) is 8.67. The average Bonchev–Trinajstić information content (AvgIpc) is 2.91. The molecule has 2 atom stereocenters. The lowest BCUT2D eigenvalue weighted by molar-refractivity contribution is 0.0951. The third-order valence-electron chi connectivity index (χ3n) is 3.58. The first kappa shape index (κ1) is 18.6. The van der Waals surface area contributed by atoms with Crippen LogP contribution in [0.3, 0.4) is 0 Å². The number of H-pyrrole nitrogens is 1. The second kappa shape index (κ2) is 7.87. The van der Waals surface area contributed by atoms with Gasteiger partial charge < -0.3 is 15.0 Å². The van der Waals surface area contributed by atoms with Gasteiger partial charge in [0, 0.05) is 17.6 Å². The van der Waals surface area contributed by atoms with E-state index in [2.05, 4.69) is 26.1 Å². The molecule has 2 N–H and O–H groups in total. The number of carbonyl (C=O) groups excluding carboxylic acids is 1. The Bertz CT molecular complexity index is 770. The Morgan fingerprint density at radius 3 is 2.75 bits per heavy atom. The Labute approximate surface area is 149 Å². The number of ether oxygens (including phenoxy) is 1. The normalized spacial score (nSPS) is 11.9. The van der Waals surface area contributed by atoms with Gasteiger partial charge in [0.1, 0.15) is 17.5 Å². The Hall–Kier alpha value is -1.77. The highest BCUT2D eigenvalue weighted by Gasteiger charge is 2.18. The van der Waals surface area contributed by atoms with E-state index < -0.39 is 0 Å². The molecule has 4 nitrogen and oxygen atoms in total. The third-order valence-corrected chi connectivity index (χ3v) is 4.32. The summed E-state index contributed by atoms with van der Waals surface area (Å²) < 4.78 is 6.09. The lowest BCUT2D eigenvalue weighted by Gasteiger charge is -2.17. The summed E-state index contributed by atoms with van der Waals surface area (Å²) in [5.74, 6) is 0.441. The summed E-state index contributed by atoms with van der Waals surface area (Å²) in [6, 6.07) is 7.36. The number of aromatic amines is 1. The topological polar surface area (TPSA) is 54.1 Å². The summed E-state index contributed by atoms with van der Waals surface area (Å²) in [7, 11) is 2.67. The monoisotopic (exact) mass is 364 g/mol. The molecule has 24 heavy (non-hydrogen) atoms. The van der Waals surface area contributed by atoms with E-state index in [0.717, 1.165) is 22.1 Å². The van der Waals surface area contributed by atoms with Crippen LogP contribution in [0, 0.1) is 0 Å².